The van der Waals surface area contributed by atoms with E-state index in [0.717, 1.165) is 61.1 Å². The largest absolute Gasteiger partial charge is 0.455 e. The van der Waals surface area contributed by atoms with Crippen molar-refractivity contribution in [2.45, 2.75) is 0 Å². The molecule has 11 aromatic rings. The first-order valence-corrected chi connectivity index (χ1v) is 19.8. The first-order chi connectivity index (χ1) is 28.8. The van der Waals surface area contributed by atoms with Crippen LogP contribution in [0.1, 0.15) is 0 Å². The molecule has 0 aliphatic carbocycles. The van der Waals surface area contributed by atoms with E-state index in [1.165, 1.54) is 44.0 Å². The maximum absolute atomic E-state index is 6.77. The van der Waals surface area contributed by atoms with E-state index in [0.29, 0.717) is 0 Å². The highest BCUT2D eigenvalue weighted by Gasteiger charge is 2.23. The summed E-state index contributed by atoms with van der Waals surface area (Å²) in [6.45, 7) is 0. The lowest BCUT2D eigenvalue weighted by Crippen LogP contribution is -2.11. The van der Waals surface area contributed by atoms with Gasteiger partial charge in [-0.05, 0) is 103 Å². The normalized spacial score (nSPS) is 11.4. The average molecular weight is 740 g/mol. The Morgan fingerprint density at radius 3 is 1.64 bits per heavy atom. The zero-order valence-electron chi connectivity index (χ0n) is 31.7. The first kappa shape index (κ1) is 33.6. The van der Waals surface area contributed by atoms with E-state index in [4.69, 9.17) is 4.42 Å². The maximum Gasteiger partial charge on any atom is 0.143 e. The molecule has 0 aliphatic heterocycles. The second-order valence-electron chi connectivity index (χ2n) is 14.9. The van der Waals surface area contributed by atoms with Crippen LogP contribution in [0, 0.1) is 0 Å². The Labute approximate surface area is 337 Å². The molecule has 0 aliphatic rings. The standard InChI is InChI=1S/C56H37NO/c1-2-14-38(15-3-1)39-28-32-45(33-29-39)57(46-34-30-40(31-35-46)42-19-12-20-43(36-42)48-25-13-18-41-16-4-6-21-47(41)48)53-26-10-8-24-51(53)55-49-22-7-5-17-44(49)37-52-50-23-9-11-27-54(50)58-56(52)55/h1-37H. The van der Waals surface area contributed by atoms with Crippen molar-refractivity contribution in [1.82, 2.24) is 0 Å². The Balaban J connectivity index is 1.07. The monoisotopic (exact) mass is 739 g/mol. The Morgan fingerprint density at radius 1 is 0.310 bits per heavy atom. The number of benzene rings is 10. The lowest BCUT2D eigenvalue weighted by Gasteiger charge is -2.28. The molecule has 0 radical (unpaired) electrons. The third-order valence-corrected chi connectivity index (χ3v) is 11.5. The van der Waals surface area contributed by atoms with Gasteiger partial charge >= 0.3 is 0 Å². The fraction of sp³-hybridized carbons (Fsp3) is 0. The van der Waals surface area contributed by atoms with Crippen LogP contribution in [0.25, 0.3) is 88.0 Å². The van der Waals surface area contributed by atoms with Crippen LogP contribution in [0.5, 0.6) is 0 Å². The summed E-state index contributed by atoms with van der Waals surface area (Å²) in [4.78, 5) is 2.39. The zero-order chi connectivity index (χ0) is 38.4. The number of hydrogen-bond acceptors (Lipinski definition) is 2. The van der Waals surface area contributed by atoms with E-state index in [9.17, 15) is 0 Å². The second kappa shape index (κ2) is 14.1. The van der Waals surface area contributed by atoms with Crippen molar-refractivity contribution >= 4 is 60.5 Å². The van der Waals surface area contributed by atoms with Gasteiger partial charge in [-0.1, -0.05) is 176 Å². The van der Waals surface area contributed by atoms with E-state index in [-0.39, 0.29) is 0 Å². The summed E-state index contributed by atoms with van der Waals surface area (Å²) < 4.78 is 6.77. The average Bonchev–Trinajstić information content (AvgIpc) is 3.67. The van der Waals surface area contributed by atoms with Crippen molar-refractivity contribution in [1.29, 1.82) is 0 Å². The number of nitrogens with zero attached hydrogens (tertiary/aromatic N) is 1. The molecule has 0 spiro atoms. The fourth-order valence-electron chi connectivity index (χ4n) is 8.68. The van der Waals surface area contributed by atoms with Gasteiger partial charge in [-0.15, -0.1) is 0 Å². The Morgan fingerprint density at radius 2 is 0.845 bits per heavy atom. The van der Waals surface area contributed by atoms with E-state index in [2.05, 4.69) is 223 Å². The van der Waals surface area contributed by atoms with Gasteiger partial charge in [-0.25, -0.2) is 0 Å². The topological polar surface area (TPSA) is 16.4 Å². The van der Waals surface area contributed by atoms with E-state index >= 15 is 0 Å². The van der Waals surface area contributed by atoms with Crippen LogP contribution in [-0.2, 0) is 0 Å². The lowest BCUT2D eigenvalue weighted by atomic mass is 9.93. The van der Waals surface area contributed by atoms with Crippen molar-refractivity contribution in [3.05, 3.63) is 224 Å². The van der Waals surface area contributed by atoms with Gasteiger partial charge in [0.05, 0.1) is 5.69 Å². The van der Waals surface area contributed by atoms with Crippen LogP contribution < -0.4 is 4.90 Å². The van der Waals surface area contributed by atoms with Gasteiger partial charge in [0.2, 0.25) is 0 Å². The molecule has 11 rings (SSSR count). The molecule has 10 aromatic carbocycles. The molecular weight excluding hydrogens is 703 g/mol. The molecule has 0 atom stereocenters. The summed E-state index contributed by atoms with van der Waals surface area (Å²) in [5.41, 5.74) is 14.3. The van der Waals surface area contributed by atoms with Crippen LogP contribution in [0.15, 0.2) is 229 Å². The predicted molar refractivity (Wildman–Crippen MR) is 245 cm³/mol. The molecule has 1 heterocycles. The maximum atomic E-state index is 6.77. The summed E-state index contributed by atoms with van der Waals surface area (Å²) in [6.07, 6.45) is 0. The molecule has 1 aromatic heterocycles. The van der Waals surface area contributed by atoms with Gasteiger partial charge < -0.3 is 9.32 Å². The third kappa shape index (κ3) is 5.82. The molecule has 58 heavy (non-hydrogen) atoms. The van der Waals surface area contributed by atoms with Crippen molar-refractivity contribution in [3.8, 4) is 44.5 Å². The minimum Gasteiger partial charge on any atom is -0.455 e. The van der Waals surface area contributed by atoms with E-state index in [1.54, 1.807) is 0 Å². The van der Waals surface area contributed by atoms with Gasteiger partial charge in [0.15, 0.2) is 0 Å². The fourth-order valence-corrected chi connectivity index (χ4v) is 8.68. The molecular formula is C56H37NO. The van der Waals surface area contributed by atoms with Crippen LogP contribution in [0.4, 0.5) is 17.1 Å². The lowest BCUT2D eigenvalue weighted by molar-refractivity contribution is 0.670. The number of hydrogen-bond donors (Lipinski definition) is 0. The van der Waals surface area contributed by atoms with Crippen LogP contribution in [0.3, 0.4) is 0 Å². The van der Waals surface area contributed by atoms with Crippen molar-refractivity contribution in [3.63, 3.8) is 0 Å². The number of rotatable bonds is 7. The third-order valence-electron chi connectivity index (χ3n) is 11.5. The van der Waals surface area contributed by atoms with Gasteiger partial charge in [0, 0.05) is 33.3 Å². The molecule has 0 saturated carbocycles. The number of fused-ring (bicyclic) bond motifs is 5. The van der Waals surface area contributed by atoms with Gasteiger partial charge in [-0.3, -0.25) is 0 Å². The first-order valence-electron chi connectivity index (χ1n) is 19.8. The minimum atomic E-state index is 0.889. The summed E-state index contributed by atoms with van der Waals surface area (Å²) in [5.74, 6) is 0. The molecule has 2 heteroatoms. The second-order valence-corrected chi connectivity index (χ2v) is 14.9. The highest BCUT2D eigenvalue weighted by molar-refractivity contribution is 6.19. The molecule has 0 bridgehead atoms. The molecule has 0 saturated heterocycles. The summed E-state index contributed by atoms with van der Waals surface area (Å²) in [5, 5.41) is 7.08. The smallest absolute Gasteiger partial charge is 0.143 e. The Kier molecular flexibility index (Phi) is 8.19. The van der Waals surface area contributed by atoms with Crippen molar-refractivity contribution in [2.75, 3.05) is 4.90 Å². The highest BCUT2D eigenvalue weighted by atomic mass is 16.3. The van der Waals surface area contributed by atoms with Crippen molar-refractivity contribution < 1.29 is 4.42 Å². The minimum absolute atomic E-state index is 0.889. The predicted octanol–water partition coefficient (Wildman–Crippen LogP) is 16.0. The SMILES string of the molecule is c1ccc(-c2ccc(N(c3ccc(-c4cccc(-c5cccc6ccccc56)c4)cc3)c3ccccc3-c3c4ccccc4cc4c3oc3ccccc34)cc2)cc1. The number of furan rings is 1. The van der Waals surface area contributed by atoms with Gasteiger partial charge in [0.1, 0.15) is 11.2 Å². The van der Waals surface area contributed by atoms with Crippen LogP contribution in [-0.4, -0.2) is 0 Å². The van der Waals surface area contributed by atoms with Crippen molar-refractivity contribution in [2.24, 2.45) is 0 Å². The number of para-hydroxylation sites is 2. The molecule has 0 amide bonds. The summed E-state index contributed by atoms with van der Waals surface area (Å²) in [6, 6.07) is 80.6. The quantitative estimate of drug-likeness (QED) is 0.162. The summed E-state index contributed by atoms with van der Waals surface area (Å²) in [7, 11) is 0. The van der Waals surface area contributed by atoms with Crippen LogP contribution in [0.2, 0.25) is 0 Å². The highest BCUT2D eigenvalue weighted by Crippen LogP contribution is 2.47. The Bertz CT molecular complexity index is 3260. The van der Waals surface area contributed by atoms with Crippen LogP contribution >= 0.6 is 0 Å². The molecule has 272 valence electrons. The van der Waals surface area contributed by atoms with Gasteiger partial charge in [0.25, 0.3) is 0 Å². The Hall–Kier alpha value is -7.68. The van der Waals surface area contributed by atoms with E-state index < -0.39 is 0 Å². The van der Waals surface area contributed by atoms with Gasteiger partial charge in [-0.2, -0.15) is 0 Å². The van der Waals surface area contributed by atoms with E-state index in [1.807, 2.05) is 6.07 Å². The zero-order valence-corrected chi connectivity index (χ0v) is 31.7. The molecule has 2 nitrogen and oxygen atoms in total. The summed E-state index contributed by atoms with van der Waals surface area (Å²) >= 11 is 0. The molecule has 0 fully saturated rings. The molecule has 0 N–H and O–H groups in total. The number of anilines is 3. The molecule has 0 unspecified atom stereocenters.